The van der Waals surface area contributed by atoms with E-state index >= 15 is 0 Å². The molecule has 0 aliphatic rings. The van der Waals surface area contributed by atoms with Crippen molar-refractivity contribution in [3.05, 3.63) is 57.5 Å². The molecule has 0 aliphatic carbocycles. The minimum Gasteiger partial charge on any atom is -0.279 e. The van der Waals surface area contributed by atoms with Gasteiger partial charge in [-0.25, -0.2) is 13.4 Å². The summed E-state index contributed by atoms with van der Waals surface area (Å²) in [7, 11) is -4.00. The van der Waals surface area contributed by atoms with Crippen LogP contribution in [0.1, 0.15) is 11.3 Å². The molecule has 22 heavy (non-hydrogen) atoms. The Labute approximate surface area is 131 Å². The molecule has 0 bridgehead atoms. The third-order valence-electron chi connectivity index (χ3n) is 3.13. The number of sulfonamides is 1. The minimum atomic E-state index is -4.00. The van der Waals surface area contributed by atoms with Gasteiger partial charge < -0.3 is 0 Å². The summed E-state index contributed by atoms with van der Waals surface area (Å²) in [5.74, 6) is 0. The predicted molar refractivity (Wildman–Crippen MR) is 86.1 cm³/mol. The summed E-state index contributed by atoms with van der Waals surface area (Å²) < 4.78 is 28.8. The third-order valence-corrected chi connectivity index (χ3v) is 5.40. The summed E-state index contributed by atoms with van der Waals surface area (Å²) in [6.07, 6.45) is 1.51. The number of fused-ring (bicyclic) bond motifs is 1. The van der Waals surface area contributed by atoms with E-state index in [4.69, 9.17) is 0 Å². The van der Waals surface area contributed by atoms with Crippen molar-refractivity contribution in [1.82, 2.24) is 9.38 Å². The van der Waals surface area contributed by atoms with E-state index in [1.54, 1.807) is 23.6 Å². The summed E-state index contributed by atoms with van der Waals surface area (Å²) in [4.78, 5) is 16.7. The Morgan fingerprint density at radius 3 is 2.77 bits per heavy atom. The van der Waals surface area contributed by atoms with Gasteiger partial charge >= 0.3 is 0 Å². The zero-order valence-corrected chi connectivity index (χ0v) is 13.5. The first-order valence-electron chi connectivity index (χ1n) is 6.44. The van der Waals surface area contributed by atoms with E-state index in [-0.39, 0.29) is 10.6 Å². The predicted octanol–water partition coefficient (Wildman–Crippen LogP) is 2.17. The molecule has 0 aliphatic heterocycles. The zero-order chi connectivity index (χ0) is 15.9. The number of anilines is 1. The maximum atomic E-state index is 12.6. The van der Waals surface area contributed by atoms with Crippen LogP contribution in [-0.4, -0.2) is 17.8 Å². The van der Waals surface area contributed by atoms with Crippen LogP contribution >= 0.6 is 11.3 Å². The summed E-state index contributed by atoms with van der Waals surface area (Å²) in [6.45, 7) is 3.38. The molecule has 0 unspecified atom stereocenters. The Hall–Kier alpha value is -2.19. The van der Waals surface area contributed by atoms with Gasteiger partial charge in [0, 0.05) is 17.3 Å². The monoisotopic (exact) mass is 335 g/mol. The van der Waals surface area contributed by atoms with Gasteiger partial charge in [0.15, 0.2) is 9.86 Å². The third kappa shape index (κ3) is 2.51. The number of hydrogen-bond acceptors (Lipinski definition) is 5. The smallest absolute Gasteiger partial charge is 0.279 e. The number of nitrogens with zero attached hydrogens (tertiary/aromatic N) is 2. The normalized spacial score (nSPS) is 11.7. The molecule has 3 rings (SSSR count). The highest BCUT2D eigenvalue weighted by atomic mass is 32.2. The van der Waals surface area contributed by atoms with Crippen LogP contribution < -0.4 is 10.3 Å². The molecule has 2 heterocycles. The van der Waals surface area contributed by atoms with Gasteiger partial charge in [0.25, 0.3) is 15.6 Å². The van der Waals surface area contributed by atoms with E-state index in [9.17, 15) is 13.2 Å². The SMILES string of the molecule is Cc1cccc(NS(=O)(=O)c2c(C)nc3sccn3c2=O)c1. The molecule has 2 aromatic heterocycles. The Morgan fingerprint density at radius 1 is 1.27 bits per heavy atom. The number of nitrogens with one attached hydrogen (secondary N) is 1. The number of aromatic nitrogens is 2. The average molecular weight is 335 g/mol. The van der Waals surface area contributed by atoms with Crippen molar-refractivity contribution in [2.75, 3.05) is 4.72 Å². The lowest BCUT2D eigenvalue weighted by Crippen LogP contribution is -2.27. The lowest BCUT2D eigenvalue weighted by molar-refractivity contribution is 0.598. The summed E-state index contributed by atoms with van der Waals surface area (Å²) in [6, 6.07) is 6.93. The maximum Gasteiger partial charge on any atom is 0.279 e. The summed E-state index contributed by atoms with van der Waals surface area (Å²) in [5.41, 5.74) is 0.922. The second-order valence-corrected chi connectivity index (χ2v) is 7.35. The van der Waals surface area contributed by atoms with Crippen LogP contribution in [0.15, 0.2) is 45.5 Å². The van der Waals surface area contributed by atoms with Gasteiger partial charge in [-0.05, 0) is 31.5 Å². The fraction of sp³-hybridized carbons (Fsp3) is 0.143. The Balaban J connectivity index is 2.15. The van der Waals surface area contributed by atoms with E-state index in [2.05, 4.69) is 9.71 Å². The van der Waals surface area contributed by atoms with Crippen LogP contribution in [0.25, 0.3) is 4.96 Å². The molecule has 0 saturated carbocycles. The van der Waals surface area contributed by atoms with Gasteiger partial charge in [0.2, 0.25) is 0 Å². The number of thiazole rings is 1. The molecule has 0 saturated heterocycles. The number of aryl methyl sites for hydroxylation is 2. The van der Waals surface area contributed by atoms with Crippen molar-refractivity contribution in [3.8, 4) is 0 Å². The number of benzene rings is 1. The first-order valence-corrected chi connectivity index (χ1v) is 8.81. The Morgan fingerprint density at radius 2 is 2.05 bits per heavy atom. The molecule has 0 spiro atoms. The lowest BCUT2D eigenvalue weighted by atomic mass is 10.2. The van der Waals surface area contributed by atoms with E-state index < -0.39 is 15.6 Å². The molecule has 1 aromatic carbocycles. The molecule has 1 N–H and O–H groups in total. The van der Waals surface area contributed by atoms with Crippen LogP contribution in [0, 0.1) is 13.8 Å². The largest absolute Gasteiger partial charge is 0.279 e. The second-order valence-electron chi connectivity index (χ2n) is 4.86. The highest BCUT2D eigenvalue weighted by Gasteiger charge is 2.24. The minimum absolute atomic E-state index is 0.188. The van der Waals surface area contributed by atoms with E-state index in [0.717, 1.165) is 5.56 Å². The molecule has 0 radical (unpaired) electrons. The Kier molecular flexibility index (Phi) is 3.50. The van der Waals surface area contributed by atoms with Gasteiger partial charge in [-0.15, -0.1) is 11.3 Å². The van der Waals surface area contributed by atoms with Crippen molar-refractivity contribution >= 4 is 32.0 Å². The number of rotatable bonds is 3. The lowest BCUT2D eigenvalue weighted by Gasteiger charge is -2.10. The van der Waals surface area contributed by atoms with Gasteiger partial charge in [-0.2, -0.15) is 0 Å². The van der Waals surface area contributed by atoms with Crippen molar-refractivity contribution < 1.29 is 8.42 Å². The van der Waals surface area contributed by atoms with Crippen molar-refractivity contribution in [1.29, 1.82) is 0 Å². The van der Waals surface area contributed by atoms with Crippen LogP contribution in [0.2, 0.25) is 0 Å². The molecule has 114 valence electrons. The first kappa shape index (κ1) is 14.7. The summed E-state index contributed by atoms with van der Waals surface area (Å²) in [5, 5.41) is 1.69. The topological polar surface area (TPSA) is 80.5 Å². The fourth-order valence-electron chi connectivity index (χ4n) is 2.19. The van der Waals surface area contributed by atoms with Gasteiger partial charge in [0.1, 0.15) is 0 Å². The zero-order valence-electron chi connectivity index (χ0n) is 11.9. The molecule has 0 atom stereocenters. The first-order chi connectivity index (χ1) is 10.4. The Bertz CT molecular complexity index is 1020. The van der Waals surface area contributed by atoms with Crippen LogP contribution in [0.5, 0.6) is 0 Å². The fourth-order valence-corrected chi connectivity index (χ4v) is 4.24. The number of hydrogen-bond donors (Lipinski definition) is 1. The van der Waals surface area contributed by atoms with Crippen LogP contribution in [0.3, 0.4) is 0 Å². The van der Waals surface area contributed by atoms with Gasteiger partial charge in [0.05, 0.1) is 5.69 Å². The molecule has 0 fully saturated rings. The summed E-state index contributed by atoms with van der Waals surface area (Å²) >= 11 is 1.28. The van der Waals surface area contributed by atoms with E-state index in [1.165, 1.54) is 28.9 Å². The average Bonchev–Trinajstić information content (AvgIpc) is 2.86. The molecular formula is C14H13N3O3S2. The second kappa shape index (κ2) is 5.22. The molecule has 0 amide bonds. The highest BCUT2D eigenvalue weighted by molar-refractivity contribution is 7.92. The maximum absolute atomic E-state index is 12.6. The van der Waals surface area contributed by atoms with Crippen LogP contribution in [0.4, 0.5) is 5.69 Å². The van der Waals surface area contributed by atoms with Gasteiger partial charge in [-0.3, -0.25) is 13.9 Å². The van der Waals surface area contributed by atoms with Crippen LogP contribution in [-0.2, 0) is 10.0 Å². The quantitative estimate of drug-likeness (QED) is 0.795. The van der Waals surface area contributed by atoms with Crippen molar-refractivity contribution in [2.24, 2.45) is 0 Å². The van der Waals surface area contributed by atoms with E-state index in [0.29, 0.717) is 10.6 Å². The standard InChI is InChI=1S/C14H13N3O3S2/c1-9-4-3-5-11(8-9)16-22(19,20)12-10(2)15-14-17(13(12)18)6-7-21-14/h3-8,16H,1-2H3. The van der Waals surface area contributed by atoms with Gasteiger partial charge in [-0.1, -0.05) is 12.1 Å². The molecule has 6 nitrogen and oxygen atoms in total. The molecule has 8 heteroatoms. The highest BCUT2D eigenvalue weighted by Crippen LogP contribution is 2.18. The van der Waals surface area contributed by atoms with Crippen molar-refractivity contribution in [3.63, 3.8) is 0 Å². The molecular weight excluding hydrogens is 322 g/mol. The van der Waals surface area contributed by atoms with Crippen molar-refractivity contribution in [2.45, 2.75) is 18.7 Å². The molecule has 3 aromatic rings. The van der Waals surface area contributed by atoms with E-state index in [1.807, 2.05) is 13.0 Å².